The maximum Gasteiger partial charge on any atom is 0.305 e. The summed E-state index contributed by atoms with van der Waals surface area (Å²) in [6.07, 6.45) is 47.3. The van der Waals surface area contributed by atoms with Crippen molar-refractivity contribution in [2.24, 2.45) is 0 Å². The number of aliphatic hydroxyl groups excluding tert-OH is 2. The molecule has 0 aromatic rings. The van der Waals surface area contributed by atoms with Crippen molar-refractivity contribution in [2.75, 3.05) is 13.2 Å². The van der Waals surface area contributed by atoms with Crippen LogP contribution in [0.25, 0.3) is 0 Å². The molecule has 0 aromatic carbocycles. The number of allylic oxidation sites excluding steroid dienone is 3. The molecule has 306 valence electrons. The quantitative estimate of drug-likeness (QED) is 0.0330. The summed E-state index contributed by atoms with van der Waals surface area (Å²) in [6.45, 7) is 4.78. The average Bonchev–Trinajstić information content (AvgIpc) is 3.14. The summed E-state index contributed by atoms with van der Waals surface area (Å²) in [7, 11) is 0. The van der Waals surface area contributed by atoms with Gasteiger partial charge < -0.3 is 20.3 Å². The van der Waals surface area contributed by atoms with Crippen molar-refractivity contribution in [1.29, 1.82) is 0 Å². The van der Waals surface area contributed by atoms with Crippen LogP contribution in [0.15, 0.2) is 24.3 Å². The Kier molecular flexibility index (Phi) is 40.7. The van der Waals surface area contributed by atoms with Crippen LogP contribution in [0.1, 0.15) is 232 Å². The van der Waals surface area contributed by atoms with Crippen LogP contribution in [-0.4, -0.2) is 47.4 Å². The number of aliphatic hydroxyl groups is 2. The average molecular weight is 734 g/mol. The molecule has 0 aliphatic carbocycles. The van der Waals surface area contributed by atoms with Gasteiger partial charge in [0, 0.05) is 12.8 Å². The minimum Gasteiger partial charge on any atom is -0.466 e. The van der Waals surface area contributed by atoms with E-state index in [1.54, 1.807) is 6.08 Å². The highest BCUT2D eigenvalue weighted by atomic mass is 16.5. The van der Waals surface area contributed by atoms with E-state index in [-0.39, 0.29) is 18.5 Å². The summed E-state index contributed by atoms with van der Waals surface area (Å²) in [5.74, 6) is -0.136. The monoisotopic (exact) mass is 734 g/mol. The maximum atomic E-state index is 12.4. The number of hydrogen-bond donors (Lipinski definition) is 3. The Hall–Kier alpha value is -1.66. The third kappa shape index (κ3) is 38.1. The molecule has 0 fully saturated rings. The number of rotatable bonds is 41. The molecule has 0 aliphatic heterocycles. The predicted octanol–water partition coefficient (Wildman–Crippen LogP) is 12.8. The van der Waals surface area contributed by atoms with Gasteiger partial charge in [0.05, 0.1) is 25.4 Å². The third-order valence-electron chi connectivity index (χ3n) is 10.2. The van der Waals surface area contributed by atoms with Crippen molar-refractivity contribution >= 4 is 11.9 Å². The lowest BCUT2D eigenvalue weighted by molar-refractivity contribution is -0.143. The zero-order valence-electron chi connectivity index (χ0n) is 34.5. The van der Waals surface area contributed by atoms with Gasteiger partial charge in [-0.25, -0.2) is 0 Å². The topological polar surface area (TPSA) is 95.9 Å². The lowest BCUT2D eigenvalue weighted by atomic mass is 10.0. The van der Waals surface area contributed by atoms with Crippen molar-refractivity contribution in [3.63, 3.8) is 0 Å². The van der Waals surface area contributed by atoms with Gasteiger partial charge in [0.15, 0.2) is 0 Å². The van der Waals surface area contributed by atoms with E-state index in [1.807, 2.05) is 6.08 Å². The van der Waals surface area contributed by atoms with Crippen molar-refractivity contribution in [1.82, 2.24) is 5.32 Å². The van der Waals surface area contributed by atoms with Crippen LogP contribution in [0.2, 0.25) is 0 Å². The third-order valence-corrected chi connectivity index (χ3v) is 10.2. The van der Waals surface area contributed by atoms with Crippen molar-refractivity contribution in [2.45, 2.75) is 244 Å². The molecule has 52 heavy (non-hydrogen) atoms. The van der Waals surface area contributed by atoms with Crippen molar-refractivity contribution in [3.8, 4) is 0 Å². The van der Waals surface area contributed by atoms with Crippen LogP contribution < -0.4 is 5.32 Å². The van der Waals surface area contributed by atoms with Gasteiger partial charge in [-0.3, -0.25) is 9.59 Å². The summed E-state index contributed by atoms with van der Waals surface area (Å²) >= 11 is 0. The second-order valence-corrected chi connectivity index (χ2v) is 15.4. The molecule has 0 radical (unpaired) electrons. The fourth-order valence-corrected chi connectivity index (χ4v) is 6.67. The van der Waals surface area contributed by atoms with Crippen LogP contribution in [-0.2, 0) is 14.3 Å². The first kappa shape index (κ1) is 50.3. The van der Waals surface area contributed by atoms with E-state index in [9.17, 15) is 19.8 Å². The van der Waals surface area contributed by atoms with Crippen LogP contribution in [0.4, 0.5) is 0 Å². The first-order chi connectivity index (χ1) is 25.5. The first-order valence-corrected chi connectivity index (χ1v) is 22.6. The summed E-state index contributed by atoms with van der Waals surface area (Å²) in [5, 5.41) is 23.0. The summed E-state index contributed by atoms with van der Waals surface area (Å²) < 4.78 is 5.41. The number of carbonyl (C=O) groups excluding carboxylic acids is 2. The van der Waals surface area contributed by atoms with Gasteiger partial charge in [-0.15, -0.1) is 0 Å². The van der Waals surface area contributed by atoms with Crippen LogP contribution >= 0.6 is 0 Å². The minimum absolute atomic E-state index is 0.0390. The molecular formula is C46H87NO5. The van der Waals surface area contributed by atoms with Gasteiger partial charge in [0.2, 0.25) is 5.91 Å². The van der Waals surface area contributed by atoms with E-state index in [1.165, 1.54) is 148 Å². The highest BCUT2D eigenvalue weighted by molar-refractivity contribution is 5.76. The summed E-state index contributed by atoms with van der Waals surface area (Å²) in [6, 6.07) is -0.647. The molecule has 0 aliphatic rings. The second-order valence-electron chi connectivity index (χ2n) is 15.4. The molecule has 0 saturated heterocycles. The molecular weight excluding hydrogens is 647 g/mol. The van der Waals surface area contributed by atoms with Crippen LogP contribution in [0, 0.1) is 0 Å². The van der Waals surface area contributed by atoms with E-state index >= 15 is 0 Å². The molecule has 2 unspecified atom stereocenters. The van der Waals surface area contributed by atoms with E-state index < -0.39 is 12.1 Å². The van der Waals surface area contributed by atoms with Gasteiger partial charge in [-0.1, -0.05) is 192 Å². The number of unbranched alkanes of at least 4 members (excludes halogenated alkanes) is 28. The standard InChI is InChI=1S/C46H87NO5/c1-3-5-7-9-11-13-15-16-17-18-20-22-26-30-34-38-44(49)43(42-48)47-45(50)39-35-31-27-23-21-25-29-33-37-41-52-46(51)40-36-32-28-24-19-14-12-10-8-6-4-2/h10,12,34,38,43-44,48-49H,3-9,11,13-33,35-37,39-42H2,1-2H3,(H,47,50)/b12-10-,38-34+. The maximum absolute atomic E-state index is 12.4. The predicted molar refractivity (Wildman–Crippen MR) is 223 cm³/mol. The fraction of sp³-hybridized carbons (Fsp3) is 0.870. The number of nitrogens with one attached hydrogen (secondary N) is 1. The largest absolute Gasteiger partial charge is 0.466 e. The molecule has 3 N–H and O–H groups in total. The zero-order chi connectivity index (χ0) is 38.0. The molecule has 0 spiro atoms. The molecule has 1 amide bonds. The Bertz CT molecular complexity index is 813. The highest BCUT2D eigenvalue weighted by Gasteiger charge is 2.18. The number of ether oxygens (including phenoxy) is 1. The van der Waals surface area contributed by atoms with Gasteiger partial charge in [-0.2, -0.15) is 0 Å². The molecule has 6 nitrogen and oxygen atoms in total. The molecule has 0 heterocycles. The van der Waals surface area contributed by atoms with E-state index in [0.29, 0.717) is 19.4 Å². The summed E-state index contributed by atoms with van der Waals surface area (Å²) in [4.78, 5) is 24.3. The molecule has 0 bridgehead atoms. The smallest absolute Gasteiger partial charge is 0.305 e. The molecule has 0 rings (SSSR count). The SMILES string of the molecule is CCCC/C=C\CCCCCCCC(=O)OCCCCCCCCCCCC(=O)NC(CO)C(O)/C=C/CCCCCCCCCCCCCCC. The molecule has 0 aromatic heterocycles. The van der Waals surface area contributed by atoms with E-state index in [0.717, 1.165) is 57.8 Å². The van der Waals surface area contributed by atoms with Gasteiger partial charge in [0.25, 0.3) is 0 Å². The lowest BCUT2D eigenvalue weighted by Gasteiger charge is -2.20. The number of hydrogen-bond acceptors (Lipinski definition) is 5. The van der Waals surface area contributed by atoms with E-state index in [2.05, 4.69) is 31.3 Å². The van der Waals surface area contributed by atoms with Crippen molar-refractivity contribution < 1.29 is 24.5 Å². The molecule has 0 saturated carbocycles. The Morgan fingerprint density at radius 2 is 0.923 bits per heavy atom. The fourth-order valence-electron chi connectivity index (χ4n) is 6.67. The molecule has 2 atom stereocenters. The lowest BCUT2D eigenvalue weighted by Crippen LogP contribution is -2.45. The normalized spacial score (nSPS) is 12.9. The number of esters is 1. The first-order valence-electron chi connectivity index (χ1n) is 22.6. The van der Waals surface area contributed by atoms with Gasteiger partial charge in [0.1, 0.15) is 0 Å². The minimum atomic E-state index is -0.861. The van der Waals surface area contributed by atoms with Gasteiger partial charge >= 0.3 is 5.97 Å². The second kappa shape index (κ2) is 42.1. The number of amides is 1. The van der Waals surface area contributed by atoms with Gasteiger partial charge in [-0.05, 0) is 51.4 Å². The molecule has 6 heteroatoms. The zero-order valence-corrected chi connectivity index (χ0v) is 34.5. The Morgan fingerprint density at radius 1 is 0.519 bits per heavy atom. The Balaban J connectivity index is 3.56. The number of carbonyl (C=O) groups is 2. The Labute approximate surface area is 322 Å². The van der Waals surface area contributed by atoms with Crippen molar-refractivity contribution in [3.05, 3.63) is 24.3 Å². The Morgan fingerprint density at radius 3 is 1.42 bits per heavy atom. The van der Waals surface area contributed by atoms with Crippen LogP contribution in [0.3, 0.4) is 0 Å². The van der Waals surface area contributed by atoms with Crippen LogP contribution in [0.5, 0.6) is 0 Å². The summed E-state index contributed by atoms with van der Waals surface area (Å²) in [5.41, 5.74) is 0. The van der Waals surface area contributed by atoms with E-state index in [4.69, 9.17) is 4.74 Å². The highest BCUT2D eigenvalue weighted by Crippen LogP contribution is 2.14.